The largest absolute Gasteiger partial charge is 0.316 e. The number of hydrogen-bond donors (Lipinski definition) is 1. The number of aryl methyl sites for hydroxylation is 2. The third kappa shape index (κ3) is 3.10. The minimum absolute atomic E-state index is 0.766. The molecule has 1 fully saturated rings. The normalized spacial score (nSPS) is 19.2. The molecule has 1 N–H and O–H groups in total. The van der Waals surface area contributed by atoms with Gasteiger partial charge >= 0.3 is 0 Å². The van der Waals surface area contributed by atoms with E-state index in [1.165, 1.54) is 41.1 Å². The summed E-state index contributed by atoms with van der Waals surface area (Å²) in [5.74, 6) is 0.766. The predicted octanol–water partition coefficient (Wildman–Crippen LogP) is 3.97. The fourth-order valence-electron chi connectivity index (χ4n) is 2.78. The Bertz CT molecular complexity index is 582. The van der Waals surface area contributed by atoms with Crippen LogP contribution in [0, 0.1) is 19.8 Å². The summed E-state index contributed by atoms with van der Waals surface area (Å²) in [6.45, 7) is 6.66. The summed E-state index contributed by atoms with van der Waals surface area (Å²) < 4.78 is 0. The molecule has 1 aromatic heterocycles. The van der Waals surface area contributed by atoms with E-state index >= 15 is 0 Å². The van der Waals surface area contributed by atoms with Crippen LogP contribution >= 0.6 is 11.3 Å². The number of thiazole rings is 1. The molecule has 1 aliphatic rings. The molecule has 1 unspecified atom stereocenters. The van der Waals surface area contributed by atoms with Crippen molar-refractivity contribution in [2.75, 3.05) is 13.1 Å². The quantitative estimate of drug-likeness (QED) is 0.923. The Hall–Kier alpha value is -1.19. The van der Waals surface area contributed by atoms with E-state index in [-0.39, 0.29) is 0 Å². The van der Waals surface area contributed by atoms with Crippen LogP contribution in [0.15, 0.2) is 23.6 Å². The second kappa shape index (κ2) is 6.06. The van der Waals surface area contributed by atoms with Crippen LogP contribution in [-0.2, 0) is 6.42 Å². The van der Waals surface area contributed by atoms with Gasteiger partial charge in [0.1, 0.15) is 0 Å². The molecule has 3 rings (SSSR count). The molecule has 106 valence electrons. The molecule has 1 saturated heterocycles. The molecule has 0 amide bonds. The van der Waals surface area contributed by atoms with Gasteiger partial charge in [0.15, 0.2) is 0 Å². The number of rotatable bonds is 3. The van der Waals surface area contributed by atoms with E-state index in [4.69, 9.17) is 4.98 Å². The standard InChI is InChI=1S/C17H22N2S/c1-12-5-6-15(8-13(12)2)16-11-20-17(19-16)9-14-4-3-7-18-10-14/h5-6,8,11,14,18H,3-4,7,9-10H2,1-2H3. The van der Waals surface area contributed by atoms with Crippen molar-refractivity contribution >= 4 is 11.3 Å². The summed E-state index contributed by atoms with van der Waals surface area (Å²) in [6, 6.07) is 6.62. The van der Waals surface area contributed by atoms with Crippen LogP contribution in [0.5, 0.6) is 0 Å². The van der Waals surface area contributed by atoms with Crippen LogP contribution < -0.4 is 5.32 Å². The lowest BCUT2D eigenvalue weighted by atomic mass is 9.97. The van der Waals surface area contributed by atoms with Crippen molar-refractivity contribution < 1.29 is 0 Å². The van der Waals surface area contributed by atoms with Crippen molar-refractivity contribution in [3.05, 3.63) is 39.7 Å². The molecule has 20 heavy (non-hydrogen) atoms. The van der Waals surface area contributed by atoms with Crippen LogP contribution in [0.4, 0.5) is 0 Å². The first-order chi connectivity index (χ1) is 9.72. The van der Waals surface area contributed by atoms with Crippen molar-refractivity contribution in [3.63, 3.8) is 0 Å². The highest BCUT2D eigenvalue weighted by molar-refractivity contribution is 7.09. The fraction of sp³-hybridized carbons (Fsp3) is 0.471. The average Bonchev–Trinajstić information content (AvgIpc) is 2.91. The van der Waals surface area contributed by atoms with Gasteiger partial charge in [-0.1, -0.05) is 12.1 Å². The van der Waals surface area contributed by atoms with Crippen LogP contribution in [0.2, 0.25) is 0 Å². The SMILES string of the molecule is Cc1ccc(-c2csc(CC3CCCNC3)n2)cc1C. The molecule has 2 nitrogen and oxygen atoms in total. The fourth-order valence-corrected chi connectivity index (χ4v) is 3.70. The highest BCUT2D eigenvalue weighted by Gasteiger charge is 2.15. The van der Waals surface area contributed by atoms with Gasteiger partial charge in [-0.3, -0.25) is 0 Å². The maximum absolute atomic E-state index is 4.84. The van der Waals surface area contributed by atoms with Gasteiger partial charge in [0.05, 0.1) is 10.7 Å². The molecule has 0 radical (unpaired) electrons. The lowest BCUT2D eigenvalue weighted by Crippen LogP contribution is -2.30. The van der Waals surface area contributed by atoms with Crippen molar-refractivity contribution in [1.82, 2.24) is 10.3 Å². The first-order valence-electron chi connectivity index (χ1n) is 7.45. The Labute approximate surface area is 125 Å². The maximum atomic E-state index is 4.84. The lowest BCUT2D eigenvalue weighted by molar-refractivity contribution is 0.376. The van der Waals surface area contributed by atoms with Gasteiger partial charge < -0.3 is 5.32 Å². The summed E-state index contributed by atoms with van der Waals surface area (Å²) in [7, 11) is 0. The summed E-state index contributed by atoms with van der Waals surface area (Å²) >= 11 is 1.81. The molecule has 2 aromatic rings. The summed E-state index contributed by atoms with van der Waals surface area (Å²) in [5, 5.41) is 6.97. The maximum Gasteiger partial charge on any atom is 0.0935 e. The second-order valence-electron chi connectivity index (χ2n) is 5.84. The zero-order chi connectivity index (χ0) is 13.9. The number of aromatic nitrogens is 1. The predicted molar refractivity (Wildman–Crippen MR) is 86.3 cm³/mol. The Balaban J connectivity index is 1.73. The molecule has 3 heteroatoms. The summed E-state index contributed by atoms with van der Waals surface area (Å²) in [4.78, 5) is 4.84. The average molecular weight is 286 g/mol. The topological polar surface area (TPSA) is 24.9 Å². The zero-order valence-corrected chi connectivity index (χ0v) is 13.1. The molecule has 0 bridgehead atoms. The van der Waals surface area contributed by atoms with Crippen molar-refractivity contribution in [2.24, 2.45) is 5.92 Å². The Morgan fingerprint density at radius 2 is 2.20 bits per heavy atom. The van der Waals surface area contributed by atoms with Gasteiger partial charge in [-0.2, -0.15) is 0 Å². The Kier molecular flexibility index (Phi) is 4.18. The van der Waals surface area contributed by atoms with Crippen molar-refractivity contribution in [3.8, 4) is 11.3 Å². The number of hydrogen-bond acceptors (Lipinski definition) is 3. The van der Waals surface area contributed by atoms with Gasteiger partial charge in [-0.25, -0.2) is 4.98 Å². The van der Waals surface area contributed by atoms with E-state index in [0.29, 0.717) is 0 Å². The van der Waals surface area contributed by atoms with E-state index in [1.54, 1.807) is 0 Å². The summed E-state index contributed by atoms with van der Waals surface area (Å²) in [6.07, 6.45) is 3.77. The number of nitrogens with zero attached hydrogens (tertiary/aromatic N) is 1. The third-order valence-electron chi connectivity index (χ3n) is 4.22. The van der Waals surface area contributed by atoms with Crippen LogP contribution in [0.3, 0.4) is 0 Å². The Morgan fingerprint density at radius 1 is 1.30 bits per heavy atom. The molecule has 0 aliphatic carbocycles. The first kappa shape index (κ1) is 13.8. The molecular formula is C17H22N2S. The van der Waals surface area contributed by atoms with Gasteiger partial charge in [0.2, 0.25) is 0 Å². The summed E-state index contributed by atoms with van der Waals surface area (Å²) in [5.41, 5.74) is 5.07. The number of benzene rings is 1. The van der Waals surface area contributed by atoms with Gasteiger partial charge in [-0.05, 0) is 62.9 Å². The van der Waals surface area contributed by atoms with Gasteiger partial charge in [0.25, 0.3) is 0 Å². The zero-order valence-electron chi connectivity index (χ0n) is 12.3. The number of nitrogens with one attached hydrogen (secondary N) is 1. The second-order valence-corrected chi connectivity index (χ2v) is 6.78. The van der Waals surface area contributed by atoms with E-state index in [9.17, 15) is 0 Å². The molecular weight excluding hydrogens is 264 g/mol. The van der Waals surface area contributed by atoms with E-state index in [2.05, 4.69) is 42.7 Å². The Morgan fingerprint density at radius 3 is 2.95 bits per heavy atom. The highest BCUT2D eigenvalue weighted by Crippen LogP contribution is 2.26. The monoisotopic (exact) mass is 286 g/mol. The van der Waals surface area contributed by atoms with E-state index in [1.807, 2.05) is 11.3 Å². The minimum Gasteiger partial charge on any atom is -0.316 e. The molecule has 1 aliphatic heterocycles. The molecule has 0 saturated carbocycles. The first-order valence-corrected chi connectivity index (χ1v) is 8.33. The molecule has 0 spiro atoms. The smallest absolute Gasteiger partial charge is 0.0935 e. The molecule has 1 aromatic carbocycles. The molecule has 2 heterocycles. The van der Waals surface area contributed by atoms with Gasteiger partial charge in [0, 0.05) is 17.4 Å². The van der Waals surface area contributed by atoms with E-state index < -0.39 is 0 Å². The highest BCUT2D eigenvalue weighted by atomic mass is 32.1. The van der Waals surface area contributed by atoms with Crippen LogP contribution in [0.1, 0.15) is 29.0 Å². The van der Waals surface area contributed by atoms with Crippen molar-refractivity contribution in [1.29, 1.82) is 0 Å². The number of piperidine rings is 1. The van der Waals surface area contributed by atoms with E-state index in [0.717, 1.165) is 24.6 Å². The van der Waals surface area contributed by atoms with Crippen LogP contribution in [-0.4, -0.2) is 18.1 Å². The van der Waals surface area contributed by atoms with Gasteiger partial charge in [-0.15, -0.1) is 11.3 Å². The third-order valence-corrected chi connectivity index (χ3v) is 5.09. The van der Waals surface area contributed by atoms with Crippen LogP contribution in [0.25, 0.3) is 11.3 Å². The minimum atomic E-state index is 0.766. The molecule has 1 atom stereocenters. The van der Waals surface area contributed by atoms with Crippen molar-refractivity contribution in [2.45, 2.75) is 33.1 Å². The lowest BCUT2D eigenvalue weighted by Gasteiger charge is -2.21.